The zero-order valence-corrected chi connectivity index (χ0v) is 40.5. The van der Waals surface area contributed by atoms with E-state index in [1.165, 1.54) is 104 Å². The van der Waals surface area contributed by atoms with Gasteiger partial charge in [-0.1, -0.05) is 117 Å². The lowest BCUT2D eigenvalue weighted by Crippen LogP contribution is -2.48. The molecule has 11 nitrogen and oxygen atoms in total. The van der Waals surface area contributed by atoms with Gasteiger partial charge in [0, 0.05) is 43.6 Å². The lowest BCUT2D eigenvalue weighted by molar-refractivity contribution is -0.165. The molecule has 352 valence electrons. The van der Waals surface area contributed by atoms with Crippen molar-refractivity contribution in [3.8, 4) is 0 Å². The van der Waals surface area contributed by atoms with Crippen LogP contribution in [0.25, 0.3) is 0 Å². The molecule has 60 heavy (non-hydrogen) atoms. The molecule has 11 heteroatoms. The smallest absolute Gasteiger partial charge is 0.311 e. The van der Waals surface area contributed by atoms with E-state index >= 15 is 0 Å². The predicted octanol–water partition coefficient (Wildman–Crippen LogP) is 10.6. The van der Waals surface area contributed by atoms with Gasteiger partial charge in [0.2, 0.25) is 11.8 Å². The zero-order valence-electron chi connectivity index (χ0n) is 40.5. The number of Topliss-reactive ketones (excluding diaryl/α,β-unsaturated/α-hetero) is 1. The van der Waals surface area contributed by atoms with Crippen LogP contribution in [0.15, 0.2) is 0 Å². The van der Waals surface area contributed by atoms with Crippen LogP contribution in [-0.2, 0) is 42.9 Å². The number of unbranched alkanes of at least 4 members (excludes halogenated alkanes) is 15. The van der Waals surface area contributed by atoms with E-state index in [0.29, 0.717) is 19.4 Å². The number of ether oxygens (including phenoxy) is 4. The van der Waals surface area contributed by atoms with Gasteiger partial charge in [-0.25, -0.2) is 0 Å². The summed E-state index contributed by atoms with van der Waals surface area (Å²) >= 11 is 0. The highest BCUT2D eigenvalue weighted by Crippen LogP contribution is 2.42. The first-order valence-corrected chi connectivity index (χ1v) is 23.9. The topological polar surface area (TPSA) is 146 Å². The summed E-state index contributed by atoms with van der Waals surface area (Å²) in [6, 6.07) is -0.125. The van der Waals surface area contributed by atoms with E-state index in [-0.39, 0.29) is 75.8 Å². The molecule has 0 aromatic carbocycles. The number of hydrogen-bond donors (Lipinski definition) is 2. The van der Waals surface area contributed by atoms with Crippen LogP contribution in [0.4, 0.5) is 0 Å². The summed E-state index contributed by atoms with van der Waals surface area (Å²) in [5, 5.41) is 6.08. The Kier molecular flexibility index (Phi) is 31.7. The second-order valence-electron chi connectivity index (χ2n) is 19.1. The van der Waals surface area contributed by atoms with Crippen LogP contribution in [-0.4, -0.2) is 81.3 Å². The molecule has 0 saturated carbocycles. The van der Waals surface area contributed by atoms with Gasteiger partial charge in [-0.15, -0.1) is 0 Å². The van der Waals surface area contributed by atoms with Gasteiger partial charge in [0.25, 0.3) is 0 Å². The fourth-order valence-corrected chi connectivity index (χ4v) is 8.10. The highest BCUT2D eigenvalue weighted by Gasteiger charge is 2.47. The number of esters is 2. The quantitative estimate of drug-likeness (QED) is 0.0456. The number of rotatable bonds is 39. The number of ketones is 1. The predicted molar refractivity (Wildman–Crippen MR) is 243 cm³/mol. The van der Waals surface area contributed by atoms with Crippen LogP contribution in [0, 0.1) is 22.7 Å². The molecule has 0 heterocycles. The van der Waals surface area contributed by atoms with Gasteiger partial charge in [0.1, 0.15) is 19.0 Å². The minimum Gasteiger partial charge on any atom is -0.463 e. The maximum absolute atomic E-state index is 14.1. The monoisotopic (exact) mass is 853 g/mol. The van der Waals surface area contributed by atoms with Gasteiger partial charge in [-0.2, -0.15) is 0 Å². The molecule has 2 N–H and O–H groups in total. The van der Waals surface area contributed by atoms with E-state index in [0.717, 1.165) is 12.8 Å². The van der Waals surface area contributed by atoms with Crippen molar-refractivity contribution in [3.63, 3.8) is 0 Å². The number of nitrogens with one attached hydrogen (secondary N) is 2. The van der Waals surface area contributed by atoms with Gasteiger partial charge in [-0.05, 0) is 87.0 Å². The summed E-state index contributed by atoms with van der Waals surface area (Å²) in [5.41, 5.74) is -3.16. The Morgan fingerprint density at radius 3 is 1.57 bits per heavy atom. The molecule has 0 aromatic heterocycles. The summed E-state index contributed by atoms with van der Waals surface area (Å²) in [5.74, 6) is -2.89. The molecule has 0 fully saturated rings. The minimum absolute atomic E-state index is 0.0394. The Labute approximate surface area is 367 Å². The lowest BCUT2D eigenvalue weighted by Gasteiger charge is -2.37. The fraction of sp³-hybridized carbons (Fsp3) is 0.898. The van der Waals surface area contributed by atoms with Crippen LogP contribution in [0.1, 0.15) is 210 Å². The highest BCUT2D eigenvalue weighted by molar-refractivity contribution is 5.85. The second kappa shape index (κ2) is 33.1. The van der Waals surface area contributed by atoms with Gasteiger partial charge in [-0.3, -0.25) is 24.0 Å². The third-order valence-electron chi connectivity index (χ3n) is 11.7. The maximum Gasteiger partial charge on any atom is 0.311 e. The van der Waals surface area contributed by atoms with E-state index in [1.807, 2.05) is 20.8 Å². The standard InChI is InChI=1S/C49H92N2O9/c1-12-15-16-17-18-19-20-21-22-23-24-25-26-27-28-29-30-58-32-34-60-46(56)49(10,38-47(6,7)45(55)59-33-31-57-11)37-42(43(53)50-39(4)13-2)35-41(14-3)44(54)51-48(8,9)36-40(5)52/h39,41-42H,12-38H2,1-11H3,(H,50,53)(H,51,54). The van der Waals surface area contributed by atoms with E-state index in [1.54, 1.807) is 34.6 Å². The summed E-state index contributed by atoms with van der Waals surface area (Å²) in [6.45, 7) is 19.5. The first-order valence-electron chi connectivity index (χ1n) is 23.9. The molecule has 0 saturated heterocycles. The summed E-state index contributed by atoms with van der Waals surface area (Å²) in [7, 11) is 1.52. The number of hydrogen-bond acceptors (Lipinski definition) is 9. The average Bonchev–Trinajstić information content (AvgIpc) is 3.17. The molecule has 0 rings (SSSR count). The van der Waals surface area contributed by atoms with Gasteiger partial charge >= 0.3 is 11.9 Å². The highest BCUT2D eigenvalue weighted by atomic mass is 16.6. The third kappa shape index (κ3) is 27.4. The summed E-state index contributed by atoms with van der Waals surface area (Å²) in [4.78, 5) is 66.9. The first kappa shape index (κ1) is 57.5. The van der Waals surface area contributed by atoms with Crippen molar-refractivity contribution in [3.05, 3.63) is 0 Å². The van der Waals surface area contributed by atoms with Crippen LogP contribution in [0.3, 0.4) is 0 Å². The molecule has 0 radical (unpaired) electrons. The lowest BCUT2D eigenvalue weighted by atomic mass is 9.68. The molecule has 0 bridgehead atoms. The Morgan fingerprint density at radius 2 is 1.08 bits per heavy atom. The SMILES string of the molecule is CCCCCCCCCCCCCCCCCCOCCOC(=O)C(C)(CC(CC(CC)C(=O)NC(C)(C)CC(C)=O)C(=O)NC(C)CC)CC(C)(C)C(=O)OCCOC. The Balaban J connectivity index is 5.46. The number of methoxy groups -OCH3 is 1. The first-order chi connectivity index (χ1) is 28.4. The van der Waals surface area contributed by atoms with Crippen molar-refractivity contribution in [1.82, 2.24) is 10.6 Å². The van der Waals surface area contributed by atoms with Gasteiger partial charge in [0.15, 0.2) is 0 Å². The van der Waals surface area contributed by atoms with Crippen LogP contribution in [0.5, 0.6) is 0 Å². The molecular weight excluding hydrogens is 761 g/mol. The number of carbonyl (C=O) groups is 5. The molecule has 0 aliphatic rings. The third-order valence-corrected chi connectivity index (χ3v) is 11.7. The van der Waals surface area contributed by atoms with Crippen molar-refractivity contribution in [2.45, 2.75) is 222 Å². The van der Waals surface area contributed by atoms with Crippen molar-refractivity contribution in [2.24, 2.45) is 22.7 Å². The Morgan fingerprint density at radius 1 is 0.583 bits per heavy atom. The fourth-order valence-electron chi connectivity index (χ4n) is 8.10. The molecular formula is C49H92N2O9. The van der Waals surface area contributed by atoms with E-state index in [4.69, 9.17) is 18.9 Å². The normalized spacial score (nSPS) is 14.4. The van der Waals surface area contributed by atoms with Crippen LogP contribution >= 0.6 is 0 Å². The largest absolute Gasteiger partial charge is 0.463 e. The van der Waals surface area contributed by atoms with Crippen molar-refractivity contribution in [1.29, 1.82) is 0 Å². The van der Waals surface area contributed by atoms with Crippen LogP contribution < -0.4 is 10.6 Å². The molecule has 0 aliphatic heterocycles. The number of amides is 2. The molecule has 0 aromatic rings. The summed E-state index contributed by atoms with van der Waals surface area (Å²) < 4.78 is 22.2. The van der Waals surface area contributed by atoms with Crippen LogP contribution in [0.2, 0.25) is 0 Å². The Bertz CT molecular complexity index is 1190. The second-order valence-corrected chi connectivity index (χ2v) is 19.1. The van der Waals surface area contributed by atoms with Crippen molar-refractivity contribution >= 4 is 29.5 Å². The molecule has 4 unspecified atom stereocenters. The number of carbonyl (C=O) groups excluding carboxylic acids is 5. The Hall–Kier alpha value is -2.53. The molecule has 0 spiro atoms. The van der Waals surface area contributed by atoms with E-state index < -0.39 is 40.1 Å². The van der Waals surface area contributed by atoms with Crippen molar-refractivity contribution in [2.75, 3.05) is 40.1 Å². The maximum atomic E-state index is 14.1. The average molecular weight is 853 g/mol. The van der Waals surface area contributed by atoms with E-state index in [9.17, 15) is 24.0 Å². The zero-order chi connectivity index (χ0) is 45.5. The molecule has 4 atom stereocenters. The van der Waals surface area contributed by atoms with E-state index in [2.05, 4.69) is 17.6 Å². The summed E-state index contributed by atoms with van der Waals surface area (Å²) in [6.07, 6.45) is 22.5. The minimum atomic E-state index is -1.29. The molecule has 2 amide bonds. The molecule has 0 aliphatic carbocycles. The van der Waals surface area contributed by atoms with Gasteiger partial charge < -0.3 is 29.6 Å². The van der Waals surface area contributed by atoms with Gasteiger partial charge in [0.05, 0.1) is 24.0 Å². The van der Waals surface area contributed by atoms with Crippen molar-refractivity contribution < 1.29 is 42.9 Å².